The third kappa shape index (κ3) is 9.90. The highest BCUT2D eigenvalue weighted by molar-refractivity contribution is 7.99. The first kappa shape index (κ1) is 38.0. The highest BCUT2D eigenvalue weighted by Crippen LogP contribution is 2.43. The standard InChI is InChI=1S/C38H54O6S/c1-35(2,3)27-21-23(13-15-29(39)40)25(31(33(27)43)37(7,8)9)17-19-45-20-18-26-24(14-16-30(41)42)22-28(36(4,5)6)34(44)32(26)38(10,11)12/h13-16,21-22,43-44H,17-20H2,1-12H3,(H,39,40)(H,41,42)/p-2/b15-13+,16-14+. The van der Waals surface area contributed by atoms with Crippen molar-refractivity contribution in [3.63, 3.8) is 0 Å². The van der Waals surface area contributed by atoms with Gasteiger partial charge in [-0.25, -0.2) is 9.59 Å². The zero-order valence-electron chi connectivity index (χ0n) is 29.2. The van der Waals surface area contributed by atoms with Crippen molar-refractivity contribution in [3.05, 3.63) is 68.8 Å². The van der Waals surface area contributed by atoms with Crippen molar-refractivity contribution in [2.45, 2.75) is 118 Å². The second-order valence-electron chi connectivity index (χ2n) is 15.8. The van der Waals surface area contributed by atoms with Gasteiger partial charge in [0.15, 0.2) is 0 Å². The summed E-state index contributed by atoms with van der Waals surface area (Å²) in [7, 11) is 0. The lowest BCUT2D eigenvalue weighted by atomic mass is 9.75. The van der Waals surface area contributed by atoms with Crippen molar-refractivity contribution in [1.29, 1.82) is 0 Å². The van der Waals surface area contributed by atoms with Gasteiger partial charge >= 0.3 is 11.9 Å². The fraction of sp³-hybridized carbons (Fsp3) is 0.526. The molecule has 0 aromatic heterocycles. The van der Waals surface area contributed by atoms with Gasteiger partial charge in [-0.05, 0) is 103 Å². The number of carbonyl (C=O) groups is 2. The van der Waals surface area contributed by atoms with Crippen LogP contribution in [-0.2, 0) is 44.1 Å². The molecule has 0 saturated heterocycles. The first-order valence-electron chi connectivity index (χ1n) is 15.5. The van der Waals surface area contributed by atoms with Gasteiger partial charge in [0.05, 0.1) is 0 Å². The molecule has 2 rings (SSSR count). The molecule has 2 aromatic rings. The molecule has 0 bridgehead atoms. The van der Waals surface area contributed by atoms with E-state index in [1.165, 1.54) is 0 Å². The number of hydrogen-bond acceptors (Lipinski definition) is 5. The normalized spacial score (nSPS) is 13.2. The van der Waals surface area contributed by atoms with Crippen LogP contribution in [0.25, 0.3) is 12.2 Å². The summed E-state index contributed by atoms with van der Waals surface area (Å²) in [6.45, 7) is 24.0. The Morgan fingerprint density at radius 1 is 0.622 bits per heavy atom. The molecule has 0 saturated carbocycles. The molecule has 0 aliphatic rings. The maximum absolute atomic E-state index is 13.8. The summed E-state index contributed by atoms with van der Waals surface area (Å²) in [5, 5.41) is 46.4. The molecule has 0 aliphatic heterocycles. The van der Waals surface area contributed by atoms with Gasteiger partial charge in [0, 0.05) is 12.2 Å². The van der Waals surface area contributed by atoms with Crippen LogP contribution in [0.4, 0.5) is 0 Å². The van der Waals surface area contributed by atoms with E-state index in [2.05, 4.69) is 0 Å². The van der Waals surface area contributed by atoms with E-state index < -0.39 is 33.6 Å². The average molecular weight is 637 g/mol. The van der Waals surface area contributed by atoms with Crippen LogP contribution in [0.3, 0.4) is 0 Å². The third-order valence-electron chi connectivity index (χ3n) is 7.76. The highest BCUT2D eigenvalue weighted by Gasteiger charge is 2.28. The van der Waals surface area contributed by atoms with Crippen LogP contribution in [-0.4, -0.2) is 33.7 Å². The van der Waals surface area contributed by atoms with E-state index in [1.54, 1.807) is 23.9 Å². The van der Waals surface area contributed by atoms with Crippen molar-refractivity contribution < 1.29 is 30.0 Å². The summed E-state index contributed by atoms with van der Waals surface area (Å²) >= 11 is 1.69. The molecular formula is C38H52O6S-2. The van der Waals surface area contributed by atoms with Crippen LogP contribution in [0.5, 0.6) is 11.5 Å². The summed E-state index contributed by atoms with van der Waals surface area (Å²) in [5.74, 6) is -0.715. The molecule has 0 fully saturated rings. The molecule has 0 aliphatic carbocycles. The van der Waals surface area contributed by atoms with E-state index >= 15 is 0 Å². The van der Waals surface area contributed by atoms with Gasteiger partial charge in [0.1, 0.15) is 0 Å². The van der Waals surface area contributed by atoms with Gasteiger partial charge < -0.3 is 20.4 Å². The second-order valence-corrected chi connectivity index (χ2v) is 17.1. The van der Waals surface area contributed by atoms with Crippen molar-refractivity contribution >= 4 is 35.9 Å². The molecule has 0 radical (unpaired) electrons. The van der Waals surface area contributed by atoms with Gasteiger partial charge in [0.25, 0.3) is 0 Å². The Morgan fingerprint density at radius 3 is 1.18 bits per heavy atom. The molecule has 2 N–H and O–H groups in total. The fourth-order valence-corrected chi connectivity index (χ4v) is 6.66. The van der Waals surface area contributed by atoms with Crippen molar-refractivity contribution in [2.75, 3.05) is 11.5 Å². The molecule has 0 spiro atoms. The van der Waals surface area contributed by atoms with Crippen LogP contribution < -0.4 is 10.2 Å². The molecular weight excluding hydrogens is 584 g/mol. The van der Waals surface area contributed by atoms with E-state index in [1.807, 2.05) is 95.2 Å². The van der Waals surface area contributed by atoms with Crippen LogP contribution in [0.15, 0.2) is 24.3 Å². The Hall–Kier alpha value is -3.19. The maximum atomic E-state index is 13.8. The molecule has 7 heteroatoms. The van der Waals surface area contributed by atoms with E-state index in [-0.39, 0.29) is 11.5 Å². The summed E-state index contributed by atoms with van der Waals surface area (Å²) in [5.41, 5.74) is 4.27. The molecule has 0 unspecified atom stereocenters. The predicted molar refractivity (Wildman–Crippen MR) is 185 cm³/mol. The Kier molecular flexibility index (Phi) is 11.9. The van der Waals surface area contributed by atoms with Crippen LogP contribution >= 0.6 is 11.8 Å². The SMILES string of the molecule is CC(C)(C)c1cc(/C=C/C(=O)O)c(CCSCCc2c(/C=C/C(=O)O)cc(C(C)(C)C)c([O-])c2C(C)(C)C)c(C(C)(C)C)c1[O-]. The van der Waals surface area contributed by atoms with E-state index in [0.717, 1.165) is 34.4 Å². The van der Waals surface area contributed by atoms with Crippen LogP contribution in [0.1, 0.15) is 128 Å². The predicted octanol–water partition coefficient (Wildman–Crippen LogP) is 7.74. The Labute approximate surface area is 274 Å². The first-order chi connectivity index (χ1) is 20.4. The summed E-state index contributed by atoms with van der Waals surface area (Å²) in [4.78, 5) is 22.9. The van der Waals surface area contributed by atoms with Crippen LogP contribution in [0.2, 0.25) is 0 Å². The number of thioether (sulfide) groups is 1. The van der Waals surface area contributed by atoms with Crippen molar-refractivity contribution in [1.82, 2.24) is 0 Å². The average Bonchev–Trinajstić information content (AvgIpc) is 2.83. The van der Waals surface area contributed by atoms with E-state index in [0.29, 0.717) is 46.6 Å². The minimum Gasteiger partial charge on any atom is -0.872 e. The summed E-state index contributed by atoms with van der Waals surface area (Å²) < 4.78 is 0. The lowest BCUT2D eigenvalue weighted by molar-refractivity contribution is -0.272. The second kappa shape index (κ2) is 14.1. The Morgan fingerprint density at radius 2 is 0.933 bits per heavy atom. The van der Waals surface area contributed by atoms with Crippen molar-refractivity contribution in [3.8, 4) is 11.5 Å². The summed E-state index contributed by atoms with van der Waals surface area (Å²) in [6, 6.07) is 3.69. The molecule has 2 aromatic carbocycles. The Bertz CT molecular complexity index is 1360. The van der Waals surface area contributed by atoms with Crippen molar-refractivity contribution in [2.24, 2.45) is 0 Å². The van der Waals surface area contributed by atoms with E-state index in [9.17, 15) is 30.0 Å². The van der Waals surface area contributed by atoms with Gasteiger partial charge in [-0.1, -0.05) is 95.2 Å². The number of benzene rings is 2. The largest absolute Gasteiger partial charge is 0.872 e. The minimum absolute atomic E-state index is 0.00840. The molecule has 248 valence electrons. The molecule has 0 heterocycles. The van der Waals surface area contributed by atoms with Crippen LogP contribution in [0, 0.1) is 0 Å². The number of rotatable bonds is 10. The maximum Gasteiger partial charge on any atom is 0.328 e. The lowest BCUT2D eigenvalue weighted by Gasteiger charge is -2.36. The number of carboxylic acids is 2. The summed E-state index contributed by atoms with van der Waals surface area (Å²) in [6.07, 6.45) is 6.58. The van der Waals surface area contributed by atoms with Gasteiger partial charge in [-0.3, -0.25) is 0 Å². The zero-order chi connectivity index (χ0) is 34.7. The molecule has 0 amide bonds. The molecule has 0 atom stereocenters. The monoisotopic (exact) mass is 636 g/mol. The molecule has 6 nitrogen and oxygen atoms in total. The van der Waals surface area contributed by atoms with Gasteiger partial charge in [-0.2, -0.15) is 11.8 Å². The zero-order valence-corrected chi connectivity index (χ0v) is 30.0. The smallest absolute Gasteiger partial charge is 0.328 e. The lowest BCUT2D eigenvalue weighted by Crippen LogP contribution is -2.24. The number of carboxylic acid groups (broad SMARTS) is 2. The number of hydrogen-bond donors (Lipinski definition) is 2. The topological polar surface area (TPSA) is 121 Å². The Balaban J connectivity index is 2.54. The highest BCUT2D eigenvalue weighted by atomic mass is 32.2. The van der Waals surface area contributed by atoms with E-state index in [4.69, 9.17) is 0 Å². The third-order valence-corrected chi connectivity index (χ3v) is 8.75. The fourth-order valence-electron chi connectivity index (χ4n) is 5.76. The van der Waals surface area contributed by atoms with Gasteiger partial charge in [-0.15, -0.1) is 11.5 Å². The van der Waals surface area contributed by atoms with Gasteiger partial charge in [0.2, 0.25) is 0 Å². The minimum atomic E-state index is -1.05. The molecule has 45 heavy (non-hydrogen) atoms. The quantitative estimate of drug-likeness (QED) is 0.202. The first-order valence-corrected chi connectivity index (χ1v) is 16.7. The number of aliphatic carboxylic acids is 2.